The van der Waals surface area contributed by atoms with Gasteiger partial charge in [0.05, 0.1) is 11.6 Å². The first kappa shape index (κ1) is 13.7. The van der Waals surface area contributed by atoms with Gasteiger partial charge in [-0.1, -0.05) is 11.6 Å². The molecule has 2 aliphatic rings. The zero-order chi connectivity index (χ0) is 15.2. The van der Waals surface area contributed by atoms with E-state index in [0.29, 0.717) is 18.5 Å². The van der Waals surface area contributed by atoms with Crippen LogP contribution in [0.4, 0.5) is 4.79 Å². The van der Waals surface area contributed by atoms with E-state index in [1.165, 1.54) is 23.1 Å². The summed E-state index contributed by atoms with van der Waals surface area (Å²) in [5, 5.41) is 14.2. The summed E-state index contributed by atoms with van der Waals surface area (Å²) in [5.74, 6) is -0.817. The number of aromatic hydroxyl groups is 1. The SMILES string of the molecule is O=C1NC(=O)C2(CCN(C(=O)c3ccc(O)c(Cl)c3)C2)N1. The van der Waals surface area contributed by atoms with Gasteiger partial charge in [0.2, 0.25) is 0 Å². The van der Waals surface area contributed by atoms with E-state index in [4.69, 9.17) is 11.6 Å². The van der Waals surface area contributed by atoms with Crippen LogP contribution in [0.15, 0.2) is 18.2 Å². The van der Waals surface area contributed by atoms with Crippen LogP contribution in [0.1, 0.15) is 16.8 Å². The third kappa shape index (κ3) is 2.19. The number of likely N-dealkylation sites (tertiary alicyclic amines) is 1. The highest BCUT2D eigenvalue weighted by molar-refractivity contribution is 6.32. The maximum absolute atomic E-state index is 12.4. The smallest absolute Gasteiger partial charge is 0.322 e. The number of phenolic OH excluding ortho intramolecular Hbond substituents is 1. The first-order valence-electron chi connectivity index (χ1n) is 6.33. The zero-order valence-corrected chi connectivity index (χ0v) is 11.6. The molecule has 110 valence electrons. The van der Waals surface area contributed by atoms with Crippen LogP contribution in [0.25, 0.3) is 0 Å². The summed E-state index contributed by atoms with van der Waals surface area (Å²) in [6.07, 6.45) is 0.363. The van der Waals surface area contributed by atoms with Crippen LogP contribution in [-0.2, 0) is 4.79 Å². The molecule has 1 aromatic carbocycles. The second kappa shape index (κ2) is 4.63. The molecule has 8 heteroatoms. The van der Waals surface area contributed by atoms with E-state index < -0.39 is 17.5 Å². The number of hydrogen-bond acceptors (Lipinski definition) is 4. The van der Waals surface area contributed by atoms with E-state index in [0.717, 1.165) is 0 Å². The molecule has 1 spiro atoms. The average Bonchev–Trinajstić information content (AvgIpc) is 2.97. The molecule has 1 atom stereocenters. The maximum atomic E-state index is 12.4. The molecule has 0 aliphatic carbocycles. The van der Waals surface area contributed by atoms with Crippen molar-refractivity contribution < 1.29 is 19.5 Å². The first-order chi connectivity index (χ1) is 9.91. The lowest BCUT2D eigenvalue weighted by Gasteiger charge is -2.21. The Morgan fingerprint density at radius 1 is 1.38 bits per heavy atom. The molecule has 0 radical (unpaired) electrons. The normalized spacial score (nSPS) is 24.3. The number of carbonyl (C=O) groups is 3. The summed E-state index contributed by atoms with van der Waals surface area (Å²) in [5.41, 5.74) is -0.715. The summed E-state index contributed by atoms with van der Waals surface area (Å²) in [6, 6.07) is 3.63. The molecule has 3 rings (SSSR count). The highest BCUT2D eigenvalue weighted by atomic mass is 35.5. The largest absolute Gasteiger partial charge is 0.506 e. The summed E-state index contributed by atoms with van der Waals surface area (Å²) < 4.78 is 0. The minimum atomic E-state index is -1.03. The predicted octanol–water partition coefficient (Wildman–Crippen LogP) is 0.470. The third-order valence-corrected chi connectivity index (χ3v) is 4.07. The van der Waals surface area contributed by atoms with Gasteiger partial charge in [-0.05, 0) is 24.6 Å². The fourth-order valence-corrected chi connectivity index (χ4v) is 2.80. The number of nitrogens with zero attached hydrogens (tertiary/aromatic N) is 1. The van der Waals surface area contributed by atoms with Crippen molar-refractivity contribution in [3.05, 3.63) is 28.8 Å². The van der Waals surface area contributed by atoms with Crippen molar-refractivity contribution in [1.82, 2.24) is 15.5 Å². The van der Waals surface area contributed by atoms with Crippen LogP contribution < -0.4 is 10.6 Å². The molecule has 4 amide bonds. The maximum Gasteiger partial charge on any atom is 0.322 e. The minimum Gasteiger partial charge on any atom is -0.506 e. The van der Waals surface area contributed by atoms with E-state index in [9.17, 15) is 19.5 Å². The number of hydrogen-bond donors (Lipinski definition) is 3. The first-order valence-corrected chi connectivity index (χ1v) is 6.70. The minimum absolute atomic E-state index is 0.0849. The molecule has 0 bridgehead atoms. The molecular formula is C13H12ClN3O4. The van der Waals surface area contributed by atoms with Gasteiger partial charge < -0.3 is 15.3 Å². The standard InChI is InChI=1S/C13H12ClN3O4/c14-8-5-7(1-2-9(8)18)10(19)17-4-3-13(6-17)11(20)15-12(21)16-13/h1-2,5,18H,3-4,6H2,(H2,15,16,20,21). The van der Waals surface area contributed by atoms with E-state index in [-0.39, 0.29) is 23.2 Å². The molecule has 2 heterocycles. The lowest BCUT2D eigenvalue weighted by molar-refractivity contribution is -0.123. The Morgan fingerprint density at radius 3 is 2.76 bits per heavy atom. The molecule has 7 nitrogen and oxygen atoms in total. The van der Waals surface area contributed by atoms with Gasteiger partial charge in [0.15, 0.2) is 0 Å². The number of phenols is 1. The average molecular weight is 310 g/mol. The summed E-state index contributed by atoms with van der Waals surface area (Å²) in [7, 11) is 0. The van der Waals surface area contributed by atoms with E-state index in [2.05, 4.69) is 10.6 Å². The fraction of sp³-hybridized carbons (Fsp3) is 0.308. The third-order valence-electron chi connectivity index (χ3n) is 3.77. The Hall–Kier alpha value is -2.28. The number of benzene rings is 1. The highest BCUT2D eigenvalue weighted by Gasteiger charge is 2.51. The Morgan fingerprint density at radius 2 is 2.14 bits per heavy atom. The quantitative estimate of drug-likeness (QED) is 0.657. The molecule has 21 heavy (non-hydrogen) atoms. The molecule has 3 N–H and O–H groups in total. The Balaban J connectivity index is 1.80. The molecular weight excluding hydrogens is 298 g/mol. The van der Waals surface area contributed by atoms with Gasteiger partial charge >= 0.3 is 6.03 Å². The number of urea groups is 1. The Bertz CT molecular complexity index is 663. The van der Waals surface area contributed by atoms with Crippen molar-refractivity contribution in [3.63, 3.8) is 0 Å². The van der Waals surface area contributed by atoms with E-state index in [1.54, 1.807) is 0 Å². The number of halogens is 1. The second-order valence-corrected chi connectivity index (χ2v) is 5.54. The Kier molecular flexibility index (Phi) is 3.02. The molecule has 2 aliphatic heterocycles. The van der Waals surface area contributed by atoms with Gasteiger partial charge in [-0.3, -0.25) is 14.9 Å². The second-order valence-electron chi connectivity index (χ2n) is 5.13. The molecule has 2 fully saturated rings. The van der Waals surface area contributed by atoms with Crippen LogP contribution >= 0.6 is 11.6 Å². The van der Waals surface area contributed by atoms with Gasteiger partial charge in [-0.2, -0.15) is 0 Å². The van der Waals surface area contributed by atoms with Gasteiger partial charge in [-0.15, -0.1) is 0 Å². The number of nitrogens with one attached hydrogen (secondary N) is 2. The molecule has 0 saturated carbocycles. The van der Waals surface area contributed by atoms with E-state index in [1.807, 2.05) is 0 Å². The van der Waals surface area contributed by atoms with Gasteiger partial charge in [0, 0.05) is 12.1 Å². The lowest BCUT2D eigenvalue weighted by Crippen LogP contribution is -2.49. The van der Waals surface area contributed by atoms with Crippen molar-refractivity contribution >= 4 is 29.4 Å². The topological polar surface area (TPSA) is 98.7 Å². The van der Waals surface area contributed by atoms with Crippen molar-refractivity contribution in [2.45, 2.75) is 12.0 Å². The van der Waals surface area contributed by atoms with Crippen LogP contribution in [0.5, 0.6) is 5.75 Å². The van der Waals surface area contributed by atoms with Gasteiger partial charge in [0.25, 0.3) is 11.8 Å². The van der Waals surface area contributed by atoms with Crippen LogP contribution in [0.2, 0.25) is 5.02 Å². The molecule has 0 aromatic heterocycles. The number of amides is 4. The zero-order valence-electron chi connectivity index (χ0n) is 10.9. The molecule has 1 aromatic rings. The van der Waals surface area contributed by atoms with Crippen LogP contribution in [0, 0.1) is 0 Å². The number of imide groups is 1. The lowest BCUT2D eigenvalue weighted by atomic mass is 9.99. The highest BCUT2D eigenvalue weighted by Crippen LogP contribution is 2.28. The van der Waals surface area contributed by atoms with Crippen molar-refractivity contribution in [2.24, 2.45) is 0 Å². The van der Waals surface area contributed by atoms with Crippen molar-refractivity contribution in [2.75, 3.05) is 13.1 Å². The van der Waals surface area contributed by atoms with Crippen LogP contribution in [0.3, 0.4) is 0 Å². The van der Waals surface area contributed by atoms with Crippen molar-refractivity contribution in [3.8, 4) is 5.75 Å². The molecule has 2 saturated heterocycles. The monoisotopic (exact) mass is 309 g/mol. The van der Waals surface area contributed by atoms with Crippen molar-refractivity contribution in [1.29, 1.82) is 0 Å². The summed E-state index contributed by atoms with van der Waals surface area (Å²) in [4.78, 5) is 36.9. The van der Waals surface area contributed by atoms with Crippen LogP contribution in [-0.4, -0.2) is 46.5 Å². The summed E-state index contributed by atoms with van der Waals surface area (Å²) in [6.45, 7) is 0.465. The van der Waals surface area contributed by atoms with Gasteiger partial charge in [-0.25, -0.2) is 4.79 Å². The predicted molar refractivity (Wildman–Crippen MR) is 73.0 cm³/mol. The number of rotatable bonds is 1. The van der Waals surface area contributed by atoms with Gasteiger partial charge in [0.1, 0.15) is 11.3 Å². The summed E-state index contributed by atoms with van der Waals surface area (Å²) >= 11 is 5.79. The fourth-order valence-electron chi connectivity index (χ4n) is 2.62. The van der Waals surface area contributed by atoms with E-state index >= 15 is 0 Å². The number of carbonyl (C=O) groups excluding carboxylic acids is 3. The molecule has 1 unspecified atom stereocenters. The Labute approximate surface area is 124 Å².